The van der Waals surface area contributed by atoms with Crippen LogP contribution in [0.3, 0.4) is 0 Å². The van der Waals surface area contributed by atoms with Crippen molar-refractivity contribution in [2.45, 2.75) is 44.7 Å². The second kappa shape index (κ2) is 6.07. The van der Waals surface area contributed by atoms with Crippen molar-refractivity contribution in [2.75, 3.05) is 0 Å². The number of rotatable bonds is 4. The fraction of sp³-hybridized carbons (Fsp3) is 0.412. The molecule has 0 aliphatic heterocycles. The third-order valence-corrected chi connectivity index (χ3v) is 3.89. The van der Waals surface area contributed by atoms with Crippen molar-refractivity contribution in [3.05, 3.63) is 48.2 Å². The lowest BCUT2D eigenvalue weighted by atomic mass is 9.95. The monoisotopic (exact) mass is 255 g/mol. The normalized spacial score (nSPS) is 16.6. The quantitative estimate of drug-likeness (QED) is 0.877. The number of hydrogen-bond donors (Lipinski definition) is 1. The predicted molar refractivity (Wildman–Crippen MR) is 77.9 cm³/mol. The van der Waals surface area contributed by atoms with Crippen LogP contribution in [0.2, 0.25) is 0 Å². The topological polar surface area (TPSA) is 25.2 Å². The molecule has 0 bridgehead atoms. The van der Waals surface area contributed by atoms with Crippen LogP contribution in [0.5, 0.6) is 0 Å². The Morgan fingerprint density at radius 3 is 2.53 bits per heavy atom. The van der Waals surface area contributed by atoms with E-state index in [1.807, 2.05) is 18.2 Å². The largest absolute Gasteiger partial charge is 0.460 e. The number of furan rings is 1. The molecule has 3 rings (SSSR count). The summed E-state index contributed by atoms with van der Waals surface area (Å²) in [6.45, 7) is 0.845. The van der Waals surface area contributed by atoms with E-state index in [9.17, 15) is 0 Å². The smallest absolute Gasteiger partial charge is 0.134 e. The van der Waals surface area contributed by atoms with Gasteiger partial charge in [0.2, 0.25) is 0 Å². The van der Waals surface area contributed by atoms with Crippen molar-refractivity contribution in [1.82, 2.24) is 5.32 Å². The maximum absolute atomic E-state index is 5.90. The maximum Gasteiger partial charge on any atom is 0.134 e. The molecule has 0 unspecified atom stereocenters. The van der Waals surface area contributed by atoms with E-state index in [-0.39, 0.29) is 0 Å². The van der Waals surface area contributed by atoms with Crippen LogP contribution in [-0.4, -0.2) is 6.04 Å². The molecule has 19 heavy (non-hydrogen) atoms. The minimum Gasteiger partial charge on any atom is -0.460 e. The Kier molecular flexibility index (Phi) is 3.99. The Bertz CT molecular complexity index is 497. The standard InChI is InChI=1S/C17H21NO/c1-3-7-14(8-4-1)17-12-11-16(19-17)13-18-15-9-5-2-6-10-15/h1,3-4,7-8,11-12,15,18H,2,5-6,9-10,13H2. The first-order chi connectivity index (χ1) is 9.42. The SMILES string of the molecule is c1ccc(-c2ccc(CNC3CCCCC3)o2)cc1. The van der Waals surface area contributed by atoms with E-state index in [1.165, 1.54) is 32.1 Å². The highest BCUT2D eigenvalue weighted by Crippen LogP contribution is 2.22. The van der Waals surface area contributed by atoms with E-state index in [2.05, 4.69) is 29.6 Å². The maximum atomic E-state index is 5.90. The average molecular weight is 255 g/mol. The number of benzene rings is 1. The van der Waals surface area contributed by atoms with E-state index in [1.54, 1.807) is 0 Å². The summed E-state index contributed by atoms with van der Waals surface area (Å²) >= 11 is 0. The van der Waals surface area contributed by atoms with Crippen LogP contribution < -0.4 is 5.32 Å². The lowest BCUT2D eigenvalue weighted by Crippen LogP contribution is -2.30. The molecule has 1 heterocycles. The van der Waals surface area contributed by atoms with Crippen molar-refractivity contribution >= 4 is 0 Å². The van der Waals surface area contributed by atoms with Gasteiger partial charge in [-0.15, -0.1) is 0 Å². The van der Waals surface area contributed by atoms with Crippen molar-refractivity contribution in [1.29, 1.82) is 0 Å². The molecule has 100 valence electrons. The zero-order valence-corrected chi connectivity index (χ0v) is 11.3. The first kappa shape index (κ1) is 12.5. The second-order valence-corrected chi connectivity index (χ2v) is 5.35. The molecule has 1 aliphatic rings. The molecule has 1 aromatic heterocycles. The molecule has 0 spiro atoms. The van der Waals surface area contributed by atoms with Crippen molar-refractivity contribution in [3.8, 4) is 11.3 Å². The van der Waals surface area contributed by atoms with Gasteiger partial charge in [-0.25, -0.2) is 0 Å². The molecular formula is C17H21NO. The Labute approximate surface area is 114 Å². The summed E-state index contributed by atoms with van der Waals surface area (Å²) in [6, 6.07) is 15.1. The molecular weight excluding hydrogens is 234 g/mol. The van der Waals surface area contributed by atoms with Crippen LogP contribution in [0, 0.1) is 0 Å². The summed E-state index contributed by atoms with van der Waals surface area (Å²) in [5.74, 6) is 1.99. The van der Waals surface area contributed by atoms with E-state index in [0.717, 1.165) is 23.6 Å². The molecule has 0 amide bonds. The molecule has 2 heteroatoms. The van der Waals surface area contributed by atoms with Gasteiger partial charge in [0.1, 0.15) is 11.5 Å². The summed E-state index contributed by atoms with van der Waals surface area (Å²) in [6.07, 6.45) is 6.76. The van der Waals surface area contributed by atoms with Gasteiger partial charge in [0, 0.05) is 11.6 Å². The fourth-order valence-corrected chi connectivity index (χ4v) is 2.78. The molecule has 0 atom stereocenters. The van der Waals surface area contributed by atoms with Gasteiger partial charge in [-0.3, -0.25) is 0 Å². The minimum atomic E-state index is 0.680. The van der Waals surface area contributed by atoms with Crippen molar-refractivity contribution in [2.24, 2.45) is 0 Å². The summed E-state index contributed by atoms with van der Waals surface area (Å²) in [5, 5.41) is 3.61. The zero-order valence-electron chi connectivity index (χ0n) is 11.3. The van der Waals surface area contributed by atoms with Gasteiger partial charge >= 0.3 is 0 Å². The van der Waals surface area contributed by atoms with Crippen LogP contribution in [0.25, 0.3) is 11.3 Å². The van der Waals surface area contributed by atoms with Gasteiger partial charge in [0.15, 0.2) is 0 Å². The average Bonchev–Trinajstić information content (AvgIpc) is 2.96. The Balaban J connectivity index is 1.59. The van der Waals surface area contributed by atoms with Crippen LogP contribution in [0.1, 0.15) is 37.9 Å². The van der Waals surface area contributed by atoms with Gasteiger partial charge in [0.05, 0.1) is 6.54 Å². The Morgan fingerprint density at radius 1 is 0.947 bits per heavy atom. The summed E-state index contributed by atoms with van der Waals surface area (Å²) in [5.41, 5.74) is 1.14. The molecule has 2 nitrogen and oxygen atoms in total. The highest BCUT2D eigenvalue weighted by Gasteiger charge is 2.13. The zero-order chi connectivity index (χ0) is 12.9. The molecule has 2 aromatic rings. The molecule has 1 fully saturated rings. The first-order valence-electron chi connectivity index (χ1n) is 7.29. The number of hydrogen-bond acceptors (Lipinski definition) is 2. The molecule has 0 radical (unpaired) electrons. The summed E-state index contributed by atoms with van der Waals surface area (Å²) < 4.78 is 5.90. The Morgan fingerprint density at radius 2 is 1.74 bits per heavy atom. The third kappa shape index (κ3) is 3.27. The fourth-order valence-electron chi connectivity index (χ4n) is 2.78. The van der Waals surface area contributed by atoms with Crippen molar-refractivity contribution < 1.29 is 4.42 Å². The van der Waals surface area contributed by atoms with Crippen LogP contribution >= 0.6 is 0 Å². The molecule has 1 saturated carbocycles. The van der Waals surface area contributed by atoms with E-state index in [4.69, 9.17) is 4.42 Å². The lowest BCUT2D eigenvalue weighted by molar-refractivity contribution is 0.358. The molecule has 1 N–H and O–H groups in total. The van der Waals surface area contributed by atoms with Crippen LogP contribution in [0.4, 0.5) is 0 Å². The molecule has 1 aromatic carbocycles. The summed E-state index contributed by atoms with van der Waals surface area (Å²) in [7, 11) is 0. The van der Waals surface area contributed by atoms with Gasteiger partial charge in [0.25, 0.3) is 0 Å². The van der Waals surface area contributed by atoms with E-state index >= 15 is 0 Å². The highest BCUT2D eigenvalue weighted by molar-refractivity contribution is 5.57. The van der Waals surface area contributed by atoms with E-state index < -0.39 is 0 Å². The highest BCUT2D eigenvalue weighted by atomic mass is 16.3. The van der Waals surface area contributed by atoms with E-state index in [0.29, 0.717) is 6.04 Å². The predicted octanol–water partition coefficient (Wildman–Crippen LogP) is 4.37. The van der Waals surface area contributed by atoms with Gasteiger partial charge in [-0.05, 0) is 25.0 Å². The molecule has 1 aliphatic carbocycles. The van der Waals surface area contributed by atoms with Crippen molar-refractivity contribution in [3.63, 3.8) is 0 Å². The van der Waals surface area contributed by atoms with Gasteiger partial charge in [-0.1, -0.05) is 49.6 Å². The van der Waals surface area contributed by atoms with Gasteiger partial charge in [-0.2, -0.15) is 0 Å². The number of nitrogens with one attached hydrogen (secondary N) is 1. The van der Waals surface area contributed by atoms with Crippen LogP contribution in [0.15, 0.2) is 46.9 Å². The second-order valence-electron chi connectivity index (χ2n) is 5.35. The lowest BCUT2D eigenvalue weighted by Gasteiger charge is -2.22. The first-order valence-corrected chi connectivity index (χ1v) is 7.29. The molecule has 0 saturated heterocycles. The minimum absolute atomic E-state index is 0.680. The third-order valence-electron chi connectivity index (χ3n) is 3.89. The van der Waals surface area contributed by atoms with Crippen LogP contribution in [-0.2, 0) is 6.54 Å². The van der Waals surface area contributed by atoms with Gasteiger partial charge < -0.3 is 9.73 Å². The Hall–Kier alpha value is -1.54. The summed E-state index contributed by atoms with van der Waals surface area (Å²) in [4.78, 5) is 0.